The number of carbonyl (C=O) groups excluding carboxylic acids is 2. The zero-order valence-corrected chi connectivity index (χ0v) is 13.0. The van der Waals surface area contributed by atoms with Gasteiger partial charge in [-0.15, -0.1) is 0 Å². The second kappa shape index (κ2) is 7.78. The third kappa shape index (κ3) is 4.72. The summed E-state index contributed by atoms with van der Waals surface area (Å²) in [4.78, 5) is 23.5. The summed E-state index contributed by atoms with van der Waals surface area (Å²) in [7, 11) is 0. The fraction of sp³-hybridized carbons (Fsp3) is 0.0588. The van der Waals surface area contributed by atoms with Crippen LogP contribution in [0.3, 0.4) is 0 Å². The van der Waals surface area contributed by atoms with Crippen LogP contribution < -0.4 is 0 Å². The van der Waals surface area contributed by atoms with Crippen LogP contribution in [0.1, 0.15) is 15.9 Å². The minimum atomic E-state index is -0.595. The van der Waals surface area contributed by atoms with Gasteiger partial charge in [0, 0.05) is 16.7 Å². The van der Waals surface area contributed by atoms with E-state index in [0.717, 1.165) is 5.56 Å². The van der Waals surface area contributed by atoms with Gasteiger partial charge in [-0.25, -0.2) is 4.79 Å². The largest absolute Gasteiger partial charge is 0.454 e. The second-order valence-corrected chi connectivity index (χ2v) is 5.24. The van der Waals surface area contributed by atoms with Crippen molar-refractivity contribution in [3.63, 3.8) is 0 Å². The number of hydrogen-bond acceptors (Lipinski definition) is 3. The fourth-order valence-corrected chi connectivity index (χ4v) is 2.22. The van der Waals surface area contributed by atoms with Crippen molar-refractivity contribution in [2.75, 3.05) is 6.61 Å². The van der Waals surface area contributed by atoms with Crippen LogP contribution in [-0.4, -0.2) is 18.4 Å². The molecule has 0 spiro atoms. The minimum absolute atomic E-state index is 0.230. The van der Waals surface area contributed by atoms with Crippen molar-refractivity contribution in [1.82, 2.24) is 0 Å². The molecule has 3 nitrogen and oxygen atoms in total. The smallest absolute Gasteiger partial charge is 0.331 e. The van der Waals surface area contributed by atoms with Crippen molar-refractivity contribution < 1.29 is 14.3 Å². The Balaban J connectivity index is 1.91. The second-order valence-electron chi connectivity index (χ2n) is 4.40. The Kier molecular flexibility index (Phi) is 5.75. The highest BCUT2D eigenvalue weighted by Crippen LogP contribution is 2.21. The Hall–Kier alpha value is -2.10. The van der Waals surface area contributed by atoms with Crippen molar-refractivity contribution in [2.45, 2.75) is 0 Å². The van der Waals surface area contributed by atoms with E-state index in [2.05, 4.69) is 0 Å². The highest BCUT2D eigenvalue weighted by molar-refractivity contribution is 6.36. The first-order valence-corrected chi connectivity index (χ1v) is 7.20. The van der Waals surface area contributed by atoms with Crippen LogP contribution in [0.25, 0.3) is 6.08 Å². The molecule has 2 aromatic rings. The van der Waals surface area contributed by atoms with E-state index in [9.17, 15) is 9.59 Å². The molecule has 5 heteroatoms. The van der Waals surface area contributed by atoms with Crippen LogP contribution in [-0.2, 0) is 9.53 Å². The van der Waals surface area contributed by atoms with Crippen molar-refractivity contribution >= 4 is 41.0 Å². The number of carbonyl (C=O) groups is 2. The number of Topliss-reactive ketones (excluding diaryl/α,β-unsaturated/α-hetero) is 1. The Morgan fingerprint density at radius 3 is 2.45 bits per heavy atom. The molecule has 0 aliphatic rings. The molecule has 0 unspecified atom stereocenters. The summed E-state index contributed by atoms with van der Waals surface area (Å²) >= 11 is 11.7. The zero-order valence-electron chi connectivity index (χ0n) is 11.5. The molecule has 0 heterocycles. The molecule has 0 fully saturated rings. The van der Waals surface area contributed by atoms with Crippen LogP contribution >= 0.6 is 23.2 Å². The van der Waals surface area contributed by atoms with Gasteiger partial charge in [0.05, 0.1) is 5.02 Å². The number of halogens is 2. The summed E-state index contributed by atoms with van der Waals surface area (Å²) < 4.78 is 4.90. The van der Waals surface area contributed by atoms with E-state index in [0.29, 0.717) is 5.02 Å². The third-order valence-corrected chi connectivity index (χ3v) is 3.34. The number of rotatable bonds is 5. The Bertz CT molecular complexity index is 709. The highest BCUT2D eigenvalue weighted by Gasteiger charge is 2.12. The van der Waals surface area contributed by atoms with E-state index in [1.165, 1.54) is 18.2 Å². The van der Waals surface area contributed by atoms with Crippen molar-refractivity contribution in [1.29, 1.82) is 0 Å². The average Bonchev–Trinajstić information content (AvgIpc) is 2.51. The lowest BCUT2D eigenvalue weighted by Gasteiger charge is -2.04. The molecule has 0 saturated heterocycles. The number of esters is 1. The molecule has 22 heavy (non-hydrogen) atoms. The molecule has 0 atom stereocenters. The van der Waals surface area contributed by atoms with Gasteiger partial charge in [-0.2, -0.15) is 0 Å². The normalized spacial score (nSPS) is 10.6. The molecular weight excluding hydrogens is 323 g/mol. The van der Waals surface area contributed by atoms with Crippen molar-refractivity contribution in [3.05, 3.63) is 75.8 Å². The van der Waals surface area contributed by atoms with Gasteiger partial charge in [0.2, 0.25) is 5.78 Å². The van der Waals surface area contributed by atoms with E-state index in [4.69, 9.17) is 27.9 Å². The van der Waals surface area contributed by atoms with E-state index >= 15 is 0 Å². The van der Waals surface area contributed by atoms with Gasteiger partial charge >= 0.3 is 5.97 Å². The molecule has 0 aliphatic heterocycles. The zero-order chi connectivity index (χ0) is 15.9. The summed E-state index contributed by atoms with van der Waals surface area (Å²) in [6, 6.07) is 13.8. The van der Waals surface area contributed by atoms with Gasteiger partial charge in [0.25, 0.3) is 0 Å². The van der Waals surface area contributed by atoms with Crippen LogP contribution in [0.4, 0.5) is 0 Å². The molecular formula is C17H12Cl2O3. The predicted octanol–water partition coefficient (Wildman–Crippen LogP) is 4.43. The maximum absolute atomic E-state index is 11.9. The molecule has 2 aromatic carbocycles. The van der Waals surface area contributed by atoms with E-state index in [1.54, 1.807) is 12.1 Å². The van der Waals surface area contributed by atoms with Gasteiger partial charge in [0.15, 0.2) is 6.61 Å². The van der Waals surface area contributed by atoms with Gasteiger partial charge in [-0.3, -0.25) is 4.79 Å². The highest BCUT2D eigenvalue weighted by atomic mass is 35.5. The molecule has 0 amide bonds. The first kappa shape index (κ1) is 16.3. The van der Waals surface area contributed by atoms with Gasteiger partial charge in [-0.05, 0) is 29.8 Å². The lowest BCUT2D eigenvalue weighted by molar-refractivity contribution is -0.136. The first-order chi connectivity index (χ1) is 10.6. The summed E-state index contributed by atoms with van der Waals surface area (Å²) in [5.74, 6) is -0.981. The first-order valence-electron chi connectivity index (χ1n) is 6.44. The molecule has 0 saturated carbocycles. The number of hydrogen-bond donors (Lipinski definition) is 0. The monoisotopic (exact) mass is 334 g/mol. The Morgan fingerprint density at radius 2 is 1.77 bits per heavy atom. The van der Waals surface area contributed by atoms with Gasteiger partial charge in [0.1, 0.15) is 0 Å². The standard InChI is InChI=1S/C17H12Cl2O3/c18-13-7-8-14(15(19)10-13)16(20)11-22-17(21)9-6-12-4-2-1-3-5-12/h1-10H,11H2/b9-6+. The van der Waals surface area contributed by atoms with Crippen molar-refractivity contribution in [2.24, 2.45) is 0 Å². The lowest BCUT2D eigenvalue weighted by atomic mass is 10.1. The number of benzene rings is 2. The average molecular weight is 335 g/mol. The lowest BCUT2D eigenvalue weighted by Crippen LogP contribution is -2.13. The van der Waals surface area contributed by atoms with Crippen molar-refractivity contribution in [3.8, 4) is 0 Å². The SMILES string of the molecule is O=C(/C=C/c1ccccc1)OCC(=O)c1ccc(Cl)cc1Cl. The molecule has 0 aromatic heterocycles. The Labute approximate surface area is 138 Å². The third-order valence-electron chi connectivity index (χ3n) is 2.79. The summed E-state index contributed by atoms with van der Waals surface area (Å²) in [5.41, 5.74) is 1.14. The molecule has 2 rings (SSSR count). The molecule has 0 N–H and O–H groups in total. The maximum atomic E-state index is 11.9. The number of ether oxygens (including phenoxy) is 1. The predicted molar refractivity (Wildman–Crippen MR) is 87.2 cm³/mol. The van der Waals surface area contributed by atoms with Gasteiger partial charge < -0.3 is 4.74 Å². The minimum Gasteiger partial charge on any atom is -0.454 e. The van der Waals surface area contributed by atoms with E-state index < -0.39 is 5.97 Å². The molecule has 0 bridgehead atoms. The maximum Gasteiger partial charge on any atom is 0.331 e. The topological polar surface area (TPSA) is 43.4 Å². The summed E-state index contributed by atoms with van der Waals surface area (Å²) in [5, 5.41) is 0.665. The quantitative estimate of drug-likeness (QED) is 0.461. The van der Waals surface area contributed by atoms with Crippen LogP contribution in [0.2, 0.25) is 10.0 Å². The van der Waals surface area contributed by atoms with E-state index in [-0.39, 0.29) is 23.0 Å². The molecule has 0 radical (unpaired) electrons. The number of ketones is 1. The molecule has 112 valence electrons. The van der Waals surface area contributed by atoms with E-state index in [1.807, 2.05) is 30.3 Å². The van der Waals surface area contributed by atoms with Crippen LogP contribution in [0, 0.1) is 0 Å². The fourth-order valence-electron chi connectivity index (χ4n) is 1.71. The van der Waals surface area contributed by atoms with Crippen LogP contribution in [0.15, 0.2) is 54.6 Å². The van der Waals surface area contributed by atoms with Crippen LogP contribution in [0.5, 0.6) is 0 Å². The summed E-state index contributed by atoms with van der Waals surface area (Å²) in [6.45, 7) is -0.376. The summed E-state index contributed by atoms with van der Waals surface area (Å²) in [6.07, 6.45) is 2.88. The van der Waals surface area contributed by atoms with Gasteiger partial charge in [-0.1, -0.05) is 53.5 Å². The molecule has 0 aliphatic carbocycles. The Morgan fingerprint density at radius 1 is 1.05 bits per heavy atom.